The van der Waals surface area contributed by atoms with Gasteiger partial charge < -0.3 is 25.2 Å². The lowest BCUT2D eigenvalue weighted by molar-refractivity contribution is 0.0696. The Hall–Kier alpha value is -2.65. The Kier molecular flexibility index (Phi) is 8.20. The van der Waals surface area contributed by atoms with Gasteiger partial charge in [0, 0.05) is 19.4 Å². The van der Waals surface area contributed by atoms with Crippen LogP contribution < -0.4 is 10.1 Å². The average molecular weight is 613 g/mol. The van der Waals surface area contributed by atoms with E-state index in [2.05, 4.69) is 37.2 Å². The van der Waals surface area contributed by atoms with Gasteiger partial charge in [-0.25, -0.2) is 4.79 Å². The van der Waals surface area contributed by atoms with Crippen LogP contribution >= 0.6 is 39.2 Å². The van der Waals surface area contributed by atoms with Gasteiger partial charge in [-0.1, -0.05) is 12.1 Å². The van der Waals surface area contributed by atoms with Gasteiger partial charge in [0.05, 0.1) is 20.1 Å². The van der Waals surface area contributed by atoms with Crippen LogP contribution in [0.15, 0.2) is 63.5 Å². The van der Waals surface area contributed by atoms with Crippen LogP contribution in [-0.2, 0) is 17.3 Å². The highest BCUT2D eigenvalue weighted by molar-refractivity contribution is 9.11. The number of hydrogen-bond donors (Lipinski definition) is 4. The van der Waals surface area contributed by atoms with Crippen molar-refractivity contribution in [3.8, 4) is 17.2 Å². The summed E-state index contributed by atoms with van der Waals surface area (Å²) in [6, 6.07) is 13.7. The quantitative estimate of drug-likeness (QED) is 0.238. The van der Waals surface area contributed by atoms with Crippen molar-refractivity contribution in [1.29, 1.82) is 0 Å². The average Bonchev–Trinajstić information content (AvgIpc) is 2.74. The molecule has 0 heterocycles. The maximum atomic E-state index is 12.7. The SMILES string of the molecule is CP(=O)(O)Cc1cc(Br)c(Oc2ccc(O)c(C(=O)NCc3cccc(C(=O)O)c3)c2)c(Br)c1. The first kappa shape index (κ1) is 26.0. The lowest BCUT2D eigenvalue weighted by atomic mass is 10.1. The minimum absolute atomic E-state index is 0.00335. The van der Waals surface area contributed by atoms with Crippen LogP contribution in [0.3, 0.4) is 0 Å². The van der Waals surface area contributed by atoms with Gasteiger partial charge in [0.25, 0.3) is 5.91 Å². The molecule has 0 radical (unpaired) electrons. The number of amides is 1. The van der Waals surface area contributed by atoms with Crippen molar-refractivity contribution < 1.29 is 34.0 Å². The van der Waals surface area contributed by atoms with Crippen LogP contribution in [0.2, 0.25) is 0 Å². The number of rotatable bonds is 8. The first-order valence-electron chi connectivity index (χ1n) is 9.81. The molecular formula is C23H20Br2NO7P. The fourth-order valence-electron chi connectivity index (χ4n) is 3.11. The molecule has 0 aliphatic carbocycles. The normalized spacial score (nSPS) is 12.6. The highest BCUT2D eigenvalue weighted by Crippen LogP contribution is 2.44. The fraction of sp³-hybridized carbons (Fsp3) is 0.130. The largest absolute Gasteiger partial charge is 0.507 e. The second-order valence-corrected chi connectivity index (χ2v) is 11.7. The van der Waals surface area contributed by atoms with Crippen molar-refractivity contribution >= 4 is 51.1 Å². The summed E-state index contributed by atoms with van der Waals surface area (Å²) in [7, 11) is -3.25. The molecule has 1 unspecified atom stereocenters. The van der Waals surface area contributed by atoms with Gasteiger partial charge in [-0.05, 0) is 85.5 Å². The van der Waals surface area contributed by atoms with E-state index >= 15 is 0 Å². The summed E-state index contributed by atoms with van der Waals surface area (Å²) in [5, 5.41) is 21.9. The monoisotopic (exact) mass is 611 g/mol. The number of phenolic OH excluding ortho intramolecular Hbond substituents is 1. The van der Waals surface area contributed by atoms with Crippen LogP contribution in [0.1, 0.15) is 31.8 Å². The van der Waals surface area contributed by atoms with Crippen molar-refractivity contribution in [3.05, 3.63) is 85.8 Å². The fourth-order valence-corrected chi connectivity index (χ4v) is 5.41. The summed E-state index contributed by atoms with van der Waals surface area (Å²) in [6.07, 6.45) is 0.00335. The summed E-state index contributed by atoms with van der Waals surface area (Å²) in [5.74, 6) is -1.23. The maximum absolute atomic E-state index is 12.7. The lowest BCUT2D eigenvalue weighted by Crippen LogP contribution is -2.23. The van der Waals surface area contributed by atoms with Gasteiger partial charge in [-0.15, -0.1) is 0 Å². The van der Waals surface area contributed by atoms with E-state index < -0.39 is 19.2 Å². The van der Waals surface area contributed by atoms with Crippen LogP contribution in [-0.4, -0.2) is 33.6 Å². The molecular weight excluding hydrogens is 593 g/mol. The zero-order valence-electron chi connectivity index (χ0n) is 17.8. The Balaban J connectivity index is 1.77. The number of aromatic hydroxyl groups is 1. The summed E-state index contributed by atoms with van der Waals surface area (Å²) in [6.45, 7) is 1.35. The number of phenols is 1. The predicted molar refractivity (Wildman–Crippen MR) is 134 cm³/mol. The molecule has 0 bridgehead atoms. The molecule has 0 aromatic heterocycles. The van der Waals surface area contributed by atoms with Crippen LogP contribution in [0.5, 0.6) is 17.2 Å². The van der Waals surface area contributed by atoms with Crippen LogP contribution in [0.4, 0.5) is 0 Å². The molecule has 1 atom stereocenters. The Labute approximate surface area is 212 Å². The highest BCUT2D eigenvalue weighted by Gasteiger charge is 2.18. The summed E-state index contributed by atoms with van der Waals surface area (Å²) >= 11 is 6.79. The summed E-state index contributed by atoms with van der Waals surface area (Å²) in [5.41, 5.74) is 1.31. The van der Waals surface area contributed by atoms with Crippen molar-refractivity contribution in [3.63, 3.8) is 0 Å². The van der Waals surface area contributed by atoms with Crippen molar-refractivity contribution in [1.82, 2.24) is 5.32 Å². The minimum Gasteiger partial charge on any atom is -0.507 e. The minimum atomic E-state index is -3.25. The van der Waals surface area contributed by atoms with Crippen molar-refractivity contribution in [2.45, 2.75) is 12.7 Å². The number of carboxylic acids is 1. The molecule has 0 saturated carbocycles. The molecule has 178 valence electrons. The summed E-state index contributed by atoms with van der Waals surface area (Å²) < 4.78 is 18.7. The molecule has 3 aromatic rings. The molecule has 0 fully saturated rings. The molecule has 0 aliphatic heterocycles. The van der Waals surface area contributed by atoms with Gasteiger partial charge in [0.2, 0.25) is 7.37 Å². The van der Waals surface area contributed by atoms with E-state index in [-0.39, 0.29) is 35.3 Å². The topological polar surface area (TPSA) is 133 Å². The first-order valence-corrected chi connectivity index (χ1v) is 13.7. The predicted octanol–water partition coefficient (Wildman–Crippen LogP) is 5.74. The number of hydrogen-bond acceptors (Lipinski definition) is 5. The van der Waals surface area contributed by atoms with E-state index in [4.69, 9.17) is 9.84 Å². The second-order valence-electron chi connectivity index (χ2n) is 7.57. The Morgan fingerprint density at radius 1 is 1.03 bits per heavy atom. The van der Waals surface area contributed by atoms with E-state index in [1.54, 1.807) is 24.3 Å². The van der Waals surface area contributed by atoms with Crippen LogP contribution in [0, 0.1) is 0 Å². The molecule has 0 saturated heterocycles. The third-order valence-corrected chi connectivity index (χ3v) is 6.72. The number of benzene rings is 3. The maximum Gasteiger partial charge on any atom is 0.335 e. The molecule has 8 nitrogen and oxygen atoms in total. The summed E-state index contributed by atoms with van der Waals surface area (Å²) in [4.78, 5) is 33.4. The highest BCUT2D eigenvalue weighted by atomic mass is 79.9. The number of carbonyl (C=O) groups is 2. The van der Waals surface area contributed by atoms with Gasteiger partial charge in [-0.2, -0.15) is 0 Å². The number of ether oxygens (including phenoxy) is 1. The van der Waals surface area contributed by atoms with Gasteiger partial charge in [0.15, 0.2) is 5.75 Å². The number of aromatic carboxylic acids is 1. The molecule has 11 heteroatoms. The van der Waals surface area contributed by atoms with E-state index in [0.717, 1.165) is 0 Å². The zero-order chi connectivity index (χ0) is 25.0. The number of nitrogens with one attached hydrogen (secondary N) is 1. The molecule has 0 spiro atoms. The standard InChI is InChI=1S/C23H20Br2NO7P/c1-34(31,32)12-14-8-18(24)21(19(25)9-14)33-16-5-6-20(27)17(10-16)22(28)26-11-13-3-2-4-15(7-13)23(29)30/h2-10,27H,11-12H2,1H3,(H,26,28)(H,29,30)(H,31,32). The first-order chi connectivity index (χ1) is 15.9. The smallest absolute Gasteiger partial charge is 0.335 e. The second kappa shape index (κ2) is 10.7. The third-order valence-electron chi connectivity index (χ3n) is 4.59. The van der Waals surface area contributed by atoms with Gasteiger partial charge >= 0.3 is 5.97 Å². The van der Waals surface area contributed by atoms with E-state index in [1.165, 1.54) is 37.0 Å². The molecule has 0 aliphatic rings. The van der Waals surface area contributed by atoms with Gasteiger partial charge in [0.1, 0.15) is 11.5 Å². The molecule has 34 heavy (non-hydrogen) atoms. The number of carboxylic acid groups (broad SMARTS) is 1. The number of carbonyl (C=O) groups excluding carboxylic acids is 1. The Morgan fingerprint density at radius 3 is 2.32 bits per heavy atom. The van der Waals surface area contributed by atoms with E-state index in [9.17, 15) is 24.2 Å². The lowest BCUT2D eigenvalue weighted by Gasteiger charge is -2.14. The molecule has 1 amide bonds. The Bertz CT molecular complexity index is 1280. The van der Waals surface area contributed by atoms with Crippen LogP contribution in [0.25, 0.3) is 0 Å². The van der Waals surface area contributed by atoms with Crippen molar-refractivity contribution in [2.75, 3.05) is 6.66 Å². The molecule has 4 N–H and O–H groups in total. The number of halogens is 2. The van der Waals surface area contributed by atoms with E-state index in [1.807, 2.05) is 0 Å². The molecule has 3 aromatic carbocycles. The third kappa shape index (κ3) is 6.93. The Morgan fingerprint density at radius 2 is 1.71 bits per heavy atom. The van der Waals surface area contributed by atoms with E-state index in [0.29, 0.717) is 25.8 Å². The molecule has 3 rings (SSSR count). The van der Waals surface area contributed by atoms with Gasteiger partial charge in [-0.3, -0.25) is 9.36 Å². The van der Waals surface area contributed by atoms with Crippen molar-refractivity contribution in [2.24, 2.45) is 0 Å². The zero-order valence-corrected chi connectivity index (χ0v) is 21.9.